The summed E-state index contributed by atoms with van der Waals surface area (Å²) in [5.74, 6) is -3.11. The Hall–Kier alpha value is -2.18. The molecule has 0 heterocycles. The number of hydrogen-bond acceptors (Lipinski definition) is 2. The largest absolute Gasteiger partial charge is 0.481 e. The van der Waals surface area contributed by atoms with Gasteiger partial charge in [-0.05, 0) is 31.4 Å². The number of aliphatic carboxylic acids is 1. The Balaban J connectivity index is 1.94. The SMILES string of the molecule is O=C(Nc1c(F)cccc1F)NC1CCCC(C(=O)O)C1. The van der Waals surface area contributed by atoms with Crippen LogP contribution < -0.4 is 10.6 Å². The van der Waals surface area contributed by atoms with E-state index >= 15 is 0 Å². The first-order valence-electron chi connectivity index (χ1n) is 6.71. The maximum Gasteiger partial charge on any atom is 0.319 e. The number of para-hydroxylation sites is 1. The van der Waals surface area contributed by atoms with Crippen LogP contribution in [0.1, 0.15) is 25.7 Å². The van der Waals surface area contributed by atoms with Gasteiger partial charge in [0.1, 0.15) is 17.3 Å². The van der Waals surface area contributed by atoms with Gasteiger partial charge in [0, 0.05) is 6.04 Å². The van der Waals surface area contributed by atoms with Crippen molar-refractivity contribution in [1.29, 1.82) is 0 Å². The highest BCUT2D eigenvalue weighted by molar-refractivity contribution is 5.89. The van der Waals surface area contributed by atoms with Gasteiger partial charge in [-0.15, -0.1) is 0 Å². The Morgan fingerprint density at radius 2 is 1.86 bits per heavy atom. The van der Waals surface area contributed by atoms with E-state index in [4.69, 9.17) is 5.11 Å². The quantitative estimate of drug-likeness (QED) is 0.803. The van der Waals surface area contributed by atoms with Crippen molar-refractivity contribution in [3.63, 3.8) is 0 Å². The van der Waals surface area contributed by atoms with E-state index in [2.05, 4.69) is 10.6 Å². The predicted molar refractivity (Wildman–Crippen MR) is 71.9 cm³/mol. The zero-order chi connectivity index (χ0) is 15.4. The van der Waals surface area contributed by atoms with Gasteiger partial charge in [0.25, 0.3) is 0 Å². The fraction of sp³-hybridized carbons (Fsp3) is 0.429. The molecule has 0 aliphatic heterocycles. The van der Waals surface area contributed by atoms with Crippen molar-refractivity contribution in [3.05, 3.63) is 29.8 Å². The molecule has 2 unspecified atom stereocenters. The Bertz CT molecular complexity index is 531. The molecule has 1 aliphatic rings. The molecule has 2 rings (SSSR count). The van der Waals surface area contributed by atoms with Crippen molar-refractivity contribution in [2.75, 3.05) is 5.32 Å². The van der Waals surface area contributed by atoms with Crippen molar-refractivity contribution >= 4 is 17.7 Å². The van der Waals surface area contributed by atoms with E-state index in [1.807, 2.05) is 0 Å². The van der Waals surface area contributed by atoms with Gasteiger partial charge in [-0.3, -0.25) is 4.79 Å². The van der Waals surface area contributed by atoms with Crippen LogP contribution in [-0.4, -0.2) is 23.1 Å². The van der Waals surface area contributed by atoms with Crippen LogP contribution in [0.5, 0.6) is 0 Å². The molecule has 7 heteroatoms. The van der Waals surface area contributed by atoms with E-state index in [1.54, 1.807) is 0 Å². The molecule has 114 valence electrons. The van der Waals surface area contributed by atoms with Gasteiger partial charge in [-0.1, -0.05) is 12.5 Å². The minimum absolute atomic E-state index is 0.310. The molecule has 0 aromatic heterocycles. The number of benzene rings is 1. The lowest BCUT2D eigenvalue weighted by Crippen LogP contribution is -2.42. The highest BCUT2D eigenvalue weighted by Gasteiger charge is 2.28. The molecular weight excluding hydrogens is 282 g/mol. The second kappa shape index (κ2) is 6.51. The average molecular weight is 298 g/mol. The van der Waals surface area contributed by atoms with Crippen LogP contribution in [-0.2, 0) is 4.79 Å². The van der Waals surface area contributed by atoms with Crippen molar-refractivity contribution < 1.29 is 23.5 Å². The molecule has 0 spiro atoms. The molecular formula is C14H16F2N2O3. The second-order valence-electron chi connectivity index (χ2n) is 5.09. The normalized spacial score (nSPS) is 21.6. The number of amides is 2. The lowest BCUT2D eigenvalue weighted by atomic mass is 9.86. The summed E-state index contributed by atoms with van der Waals surface area (Å²) >= 11 is 0. The fourth-order valence-corrected chi connectivity index (χ4v) is 2.50. The van der Waals surface area contributed by atoms with Crippen LogP contribution in [0.4, 0.5) is 19.3 Å². The van der Waals surface area contributed by atoms with E-state index in [-0.39, 0.29) is 6.04 Å². The van der Waals surface area contributed by atoms with Gasteiger partial charge in [0.15, 0.2) is 0 Å². The van der Waals surface area contributed by atoms with E-state index in [1.165, 1.54) is 6.07 Å². The Kier molecular flexibility index (Phi) is 4.72. The highest BCUT2D eigenvalue weighted by atomic mass is 19.1. The van der Waals surface area contributed by atoms with Crippen molar-refractivity contribution in [3.8, 4) is 0 Å². The van der Waals surface area contributed by atoms with Gasteiger partial charge in [-0.2, -0.15) is 0 Å². The maximum atomic E-state index is 13.4. The molecule has 2 atom stereocenters. The molecule has 3 N–H and O–H groups in total. The summed E-state index contributed by atoms with van der Waals surface area (Å²) in [6.07, 6.45) is 2.24. The zero-order valence-electron chi connectivity index (χ0n) is 11.2. The molecule has 21 heavy (non-hydrogen) atoms. The van der Waals surface area contributed by atoms with Crippen LogP contribution in [0.2, 0.25) is 0 Å². The van der Waals surface area contributed by atoms with Crippen LogP contribution in [0.3, 0.4) is 0 Å². The number of carboxylic acids is 1. The Morgan fingerprint density at radius 1 is 1.19 bits per heavy atom. The van der Waals surface area contributed by atoms with Crippen molar-refractivity contribution in [1.82, 2.24) is 5.32 Å². The number of rotatable bonds is 3. The summed E-state index contributed by atoms with van der Waals surface area (Å²) in [6.45, 7) is 0. The van der Waals surface area contributed by atoms with Crippen molar-refractivity contribution in [2.24, 2.45) is 5.92 Å². The fourth-order valence-electron chi connectivity index (χ4n) is 2.50. The van der Waals surface area contributed by atoms with Gasteiger partial charge >= 0.3 is 12.0 Å². The summed E-state index contributed by atoms with van der Waals surface area (Å²) in [5.41, 5.74) is -0.513. The van der Waals surface area contributed by atoms with Crippen LogP contribution in [0.15, 0.2) is 18.2 Å². The summed E-state index contributed by atoms with van der Waals surface area (Å²) in [4.78, 5) is 22.7. The molecule has 0 radical (unpaired) electrons. The van der Waals surface area contributed by atoms with Crippen LogP contribution >= 0.6 is 0 Å². The molecule has 1 aromatic carbocycles. The lowest BCUT2D eigenvalue weighted by molar-refractivity contribution is -0.143. The molecule has 1 aliphatic carbocycles. The van der Waals surface area contributed by atoms with Gasteiger partial charge in [0.05, 0.1) is 5.92 Å². The van der Waals surface area contributed by atoms with Crippen LogP contribution in [0.25, 0.3) is 0 Å². The first kappa shape index (κ1) is 15.2. The number of carbonyl (C=O) groups is 2. The minimum atomic E-state index is -0.887. The smallest absolute Gasteiger partial charge is 0.319 e. The number of hydrogen-bond donors (Lipinski definition) is 3. The Labute approximate surface area is 120 Å². The Morgan fingerprint density at radius 3 is 2.48 bits per heavy atom. The third kappa shape index (κ3) is 3.90. The minimum Gasteiger partial charge on any atom is -0.481 e. The number of carbonyl (C=O) groups excluding carboxylic acids is 1. The molecule has 5 nitrogen and oxygen atoms in total. The van der Waals surface area contributed by atoms with E-state index < -0.39 is 35.2 Å². The van der Waals surface area contributed by atoms with E-state index in [0.29, 0.717) is 25.7 Å². The van der Waals surface area contributed by atoms with E-state index in [9.17, 15) is 18.4 Å². The predicted octanol–water partition coefficient (Wildman–Crippen LogP) is 2.73. The maximum absolute atomic E-state index is 13.4. The van der Waals surface area contributed by atoms with Gasteiger partial charge in [-0.25, -0.2) is 13.6 Å². The van der Waals surface area contributed by atoms with E-state index in [0.717, 1.165) is 12.1 Å². The van der Waals surface area contributed by atoms with Crippen LogP contribution in [0, 0.1) is 17.6 Å². The van der Waals surface area contributed by atoms with Crippen molar-refractivity contribution in [2.45, 2.75) is 31.7 Å². The molecule has 0 saturated heterocycles. The molecule has 1 saturated carbocycles. The first-order chi connectivity index (χ1) is 9.97. The third-order valence-electron chi connectivity index (χ3n) is 3.56. The molecule has 1 aromatic rings. The topological polar surface area (TPSA) is 78.4 Å². The number of halogens is 2. The number of anilines is 1. The number of urea groups is 1. The summed E-state index contributed by atoms with van der Waals surface area (Å²) in [7, 11) is 0. The lowest BCUT2D eigenvalue weighted by Gasteiger charge is -2.27. The first-order valence-corrected chi connectivity index (χ1v) is 6.71. The standard InChI is InChI=1S/C14H16F2N2O3/c15-10-5-2-6-11(16)12(10)18-14(21)17-9-4-1-3-8(7-9)13(19)20/h2,5-6,8-9H,1,3-4,7H2,(H,19,20)(H2,17,18,21). The summed E-state index contributed by atoms with van der Waals surface area (Å²) in [5, 5.41) is 13.7. The van der Waals surface area contributed by atoms with Gasteiger partial charge in [0.2, 0.25) is 0 Å². The number of nitrogens with one attached hydrogen (secondary N) is 2. The third-order valence-corrected chi connectivity index (χ3v) is 3.56. The average Bonchev–Trinajstić information content (AvgIpc) is 2.43. The monoisotopic (exact) mass is 298 g/mol. The number of carboxylic acid groups (broad SMARTS) is 1. The highest BCUT2D eigenvalue weighted by Crippen LogP contribution is 2.24. The summed E-state index contributed by atoms with van der Waals surface area (Å²) in [6, 6.07) is 2.23. The second-order valence-corrected chi connectivity index (χ2v) is 5.09. The zero-order valence-corrected chi connectivity index (χ0v) is 11.2. The van der Waals surface area contributed by atoms with Gasteiger partial charge < -0.3 is 15.7 Å². The summed E-state index contributed by atoms with van der Waals surface area (Å²) < 4.78 is 26.8. The molecule has 0 bridgehead atoms. The molecule has 2 amide bonds. The molecule has 1 fully saturated rings.